The summed E-state index contributed by atoms with van der Waals surface area (Å²) in [6, 6.07) is 5.43. The molecule has 0 amide bonds. The summed E-state index contributed by atoms with van der Waals surface area (Å²) in [5.41, 5.74) is 0.613. The summed E-state index contributed by atoms with van der Waals surface area (Å²) in [7, 11) is 1.62. The van der Waals surface area contributed by atoms with Crippen LogP contribution in [-0.2, 0) is 0 Å². The van der Waals surface area contributed by atoms with Gasteiger partial charge in [-0.1, -0.05) is 0 Å². The average Bonchev–Trinajstić information content (AvgIpc) is 2.44. The number of hydrogen-bond acceptors (Lipinski definition) is 2. The molecule has 0 spiro atoms. The Morgan fingerprint density at radius 3 is 2.30 bits per heavy atom. The number of ether oxygens (including phenoxy) is 1. The van der Waals surface area contributed by atoms with Crippen LogP contribution < -0.4 is 10.1 Å². The molecule has 0 radical (unpaired) electrons. The normalized spacial score (nSPS) is 38.0. The first-order valence-electron chi connectivity index (χ1n) is 7.83. The van der Waals surface area contributed by atoms with Crippen molar-refractivity contribution in [3.05, 3.63) is 24.0 Å². The summed E-state index contributed by atoms with van der Waals surface area (Å²) < 4.78 is 19.2. The van der Waals surface area contributed by atoms with Gasteiger partial charge in [-0.3, -0.25) is 0 Å². The van der Waals surface area contributed by atoms with Crippen molar-refractivity contribution in [2.24, 2.45) is 23.7 Å². The first-order chi connectivity index (χ1) is 9.72. The molecule has 108 valence electrons. The second kappa shape index (κ2) is 4.64. The third-order valence-electron chi connectivity index (χ3n) is 5.72. The summed E-state index contributed by atoms with van der Waals surface area (Å²) >= 11 is 0. The first-order valence-corrected chi connectivity index (χ1v) is 7.83. The highest BCUT2D eigenvalue weighted by Gasteiger charge is 2.48. The van der Waals surface area contributed by atoms with Crippen LogP contribution >= 0.6 is 0 Å². The fourth-order valence-corrected chi connectivity index (χ4v) is 5.08. The van der Waals surface area contributed by atoms with Crippen LogP contribution in [0, 0.1) is 29.5 Å². The molecule has 0 aromatic heterocycles. The Balaban J connectivity index is 1.57. The van der Waals surface area contributed by atoms with E-state index in [1.165, 1.54) is 38.2 Å². The van der Waals surface area contributed by atoms with Crippen molar-refractivity contribution < 1.29 is 9.13 Å². The smallest absolute Gasteiger partial charge is 0.146 e. The van der Waals surface area contributed by atoms with Gasteiger partial charge in [-0.05, 0) is 67.9 Å². The lowest BCUT2D eigenvalue weighted by Gasteiger charge is -2.54. The molecule has 4 aliphatic rings. The lowest BCUT2D eigenvalue weighted by atomic mass is 9.54. The van der Waals surface area contributed by atoms with E-state index in [-0.39, 0.29) is 5.82 Å². The summed E-state index contributed by atoms with van der Waals surface area (Å²) in [5, 5.41) is 3.51. The molecule has 4 fully saturated rings. The Labute approximate surface area is 119 Å². The van der Waals surface area contributed by atoms with E-state index in [1.807, 2.05) is 0 Å². The van der Waals surface area contributed by atoms with Crippen molar-refractivity contribution in [1.29, 1.82) is 0 Å². The Bertz CT molecular complexity index is 488. The number of benzene rings is 1. The Morgan fingerprint density at radius 1 is 1.05 bits per heavy atom. The van der Waals surface area contributed by atoms with Gasteiger partial charge in [-0.25, -0.2) is 4.39 Å². The van der Waals surface area contributed by atoms with E-state index >= 15 is 0 Å². The first kappa shape index (κ1) is 12.5. The molecular weight excluding hydrogens is 253 g/mol. The molecule has 1 N–H and O–H groups in total. The highest BCUT2D eigenvalue weighted by molar-refractivity contribution is 5.50. The van der Waals surface area contributed by atoms with Crippen molar-refractivity contribution in [2.45, 2.75) is 38.1 Å². The van der Waals surface area contributed by atoms with E-state index in [4.69, 9.17) is 4.74 Å². The van der Waals surface area contributed by atoms with Gasteiger partial charge in [0.15, 0.2) is 0 Å². The number of hydrogen-bond donors (Lipinski definition) is 1. The molecule has 20 heavy (non-hydrogen) atoms. The molecule has 1 aromatic rings. The number of halogens is 1. The maximum absolute atomic E-state index is 14.0. The summed E-state index contributed by atoms with van der Waals surface area (Å²) in [6.45, 7) is 0. The van der Waals surface area contributed by atoms with Gasteiger partial charge in [-0.15, -0.1) is 0 Å². The van der Waals surface area contributed by atoms with Gasteiger partial charge in [-0.2, -0.15) is 0 Å². The number of rotatable bonds is 3. The Hall–Kier alpha value is -1.25. The van der Waals surface area contributed by atoms with E-state index in [9.17, 15) is 4.39 Å². The quantitative estimate of drug-likeness (QED) is 0.897. The van der Waals surface area contributed by atoms with Gasteiger partial charge < -0.3 is 10.1 Å². The summed E-state index contributed by atoms with van der Waals surface area (Å²) in [6.07, 6.45) is 6.83. The van der Waals surface area contributed by atoms with E-state index in [0.29, 0.717) is 11.7 Å². The van der Waals surface area contributed by atoms with Gasteiger partial charge in [0, 0.05) is 12.1 Å². The predicted molar refractivity (Wildman–Crippen MR) is 77.4 cm³/mol. The van der Waals surface area contributed by atoms with E-state index in [0.717, 1.165) is 29.4 Å². The molecule has 4 aliphatic carbocycles. The number of nitrogens with one attached hydrogen (secondary N) is 1. The van der Waals surface area contributed by atoms with Crippen molar-refractivity contribution in [2.75, 3.05) is 12.4 Å². The maximum Gasteiger partial charge on any atom is 0.146 e. The number of anilines is 1. The Morgan fingerprint density at radius 2 is 1.70 bits per heavy atom. The standard InChI is InChI=1S/C17H22FNO/c1-20-14-2-3-15(18)16(9-14)19-17-12-5-10-4-11(7-12)8-13(17)6-10/h2-3,9-13,17,19H,4-8H2,1H3. The average molecular weight is 275 g/mol. The van der Waals surface area contributed by atoms with Crippen LogP contribution in [0.2, 0.25) is 0 Å². The lowest BCUT2D eigenvalue weighted by Crippen LogP contribution is -2.51. The molecule has 0 atom stereocenters. The fraction of sp³-hybridized carbons (Fsp3) is 0.647. The molecule has 5 rings (SSSR count). The Kier molecular flexibility index (Phi) is 2.90. The second-order valence-electron chi connectivity index (χ2n) is 6.95. The van der Waals surface area contributed by atoms with Crippen molar-refractivity contribution in [3.8, 4) is 5.75 Å². The molecule has 0 heterocycles. The highest BCUT2D eigenvalue weighted by Crippen LogP contribution is 2.54. The lowest BCUT2D eigenvalue weighted by molar-refractivity contribution is 0.00744. The van der Waals surface area contributed by atoms with Gasteiger partial charge in [0.05, 0.1) is 12.8 Å². The SMILES string of the molecule is COc1ccc(F)c(NC2C3CC4CC(C3)CC2C4)c1. The summed E-state index contributed by atoms with van der Waals surface area (Å²) in [4.78, 5) is 0. The van der Waals surface area contributed by atoms with Crippen LogP contribution in [0.1, 0.15) is 32.1 Å². The second-order valence-corrected chi connectivity index (χ2v) is 6.95. The molecule has 0 aliphatic heterocycles. The van der Waals surface area contributed by atoms with Crippen molar-refractivity contribution in [3.63, 3.8) is 0 Å². The zero-order valence-electron chi connectivity index (χ0n) is 11.9. The van der Waals surface area contributed by atoms with Crippen LogP contribution in [0.3, 0.4) is 0 Å². The molecule has 4 bridgehead atoms. The third kappa shape index (κ3) is 1.99. The minimum absolute atomic E-state index is 0.167. The molecule has 3 heteroatoms. The van der Waals surface area contributed by atoms with Crippen LogP contribution in [0.25, 0.3) is 0 Å². The van der Waals surface area contributed by atoms with Gasteiger partial charge in [0.2, 0.25) is 0 Å². The highest BCUT2D eigenvalue weighted by atomic mass is 19.1. The van der Waals surface area contributed by atoms with Gasteiger partial charge in [0.25, 0.3) is 0 Å². The van der Waals surface area contributed by atoms with Crippen LogP contribution in [0.15, 0.2) is 18.2 Å². The van der Waals surface area contributed by atoms with E-state index in [1.54, 1.807) is 19.2 Å². The fourth-order valence-electron chi connectivity index (χ4n) is 5.08. The maximum atomic E-state index is 14.0. The molecule has 1 aromatic carbocycles. The van der Waals surface area contributed by atoms with Crippen LogP contribution in [0.5, 0.6) is 5.75 Å². The van der Waals surface area contributed by atoms with Gasteiger partial charge >= 0.3 is 0 Å². The third-order valence-corrected chi connectivity index (χ3v) is 5.72. The molecular formula is C17H22FNO. The predicted octanol–water partition coefficient (Wildman–Crippen LogP) is 4.07. The molecule has 0 saturated heterocycles. The van der Waals surface area contributed by atoms with Crippen LogP contribution in [0.4, 0.5) is 10.1 Å². The minimum atomic E-state index is -0.167. The zero-order chi connectivity index (χ0) is 13.7. The largest absolute Gasteiger partial charge is 0.497 e. The zero-order valence-corrected chi connectivity index (χ0v) is 11.9. The minimum Gasteiger partial charge on any atom is -0.497 e. The van der Waals surface area contributed by atoms with Gasteiger partial charge in [0.1, 0.15) is 11.6 Å². The van der Waals surface area contributed by atoms with E-state index < -0.39 is 0 Å². The van der Waals surface area contributed by atoms with E-state index in [2.05, 4.69) is 5.32 Å². The van der Waals surface area contributed by atoms with Crippen molar-refractivity contribution >= 4 is 5.69 Å². The molecule has 2 nitrogen and oxygen atoms in total. The molecule has 0 unspecified atom stereocenters. The topological polar surface area (TPSA) is 21.3 Å². The monoisotopic (exact) mass is 275 g/mol. The number of methoxy groups -OCH3 is 1. The summed E-state index contributed by atoms with van der Waals surface area (Å²) in [5.74, 6) is 3.95. The van der Waals surface area contributed by atoms with Crippen molar-refractivity contribution in [1.82, 2.24) is 0 Å². The molecule has 4 saturated carbocycles. The van der Waals surface area contributed by atoms with Crippen LogP contribution in [-0.4, -0.2) is 13.2 Å².